The van der Waals surface area contributed by atoms with Gasteiger partial charge in [0, 0.05) is 6.26 Å². The SMILES string of the molecule is COC(=O)Cn1nc(C(F)(F)F)cc1-c1ccc(-c2cccc(S(C)(=O)=O)c2)cc1. The van der Waals surface area contributed by atoms with Crippen molar-refractivity contribution in [3.05, 3.63) is 60.3 Å². The summed E-state index contributed by atoms with van der Waals surface area (Å²) in [7, 11) is -2.24. The third-order valence-electron chi connectivity index (χ3n) is 4.35. The molecule has 0 bridgehead atoms. The Labute approximate surface area is 170 Å². The summed E-state index contributed by atoms with van der Waals surface area (Å²) in [5.41, 5.74) is 0.711. The lowest BCUT2D eigenvalue weighted by Gasteiger charge is -2.08. The third kappa shape index (κ3) is 4.70. The van der Waals surface area contributed by atoms with E-state index in [1.165, 1.54) is 12.1 Å². The fraction of sp³-hybridized carbons (Fsp3) is 0.200. The highest BCUT2D eigenvalue weighted by atomic mass is 32.2. The Balaban J connectivity index is 2.00. The third-order valence-corrected chi connectivity index (χ3v) is 5.46. The van der Waals surface area contributed by atoms with E-state index >= 15 is 0 Å². The highest BCUT2D eigenvalue weighted by Crippen LogP contribution is 2.33. The van der Waals surface area contributed by atoms with Crippen LogP contribution in [0.4, 0.5) is 13.2 Å². The number of nitrogens with zero attached hydrogens (tertiary/aromatic N) is 2. The first kappa shape index (κ1) is 21.6. The van der Waals surface area contributed by atoms with Crippen molar-refractivity contribution in [3.8, 4) is 22.4 Å². The number of methoxy groups -OCH3 is 1. The van der Waals surface area contributed by atoms with Crippen LogP contribution in [0.1, 0.15) is 5.69 Å². The number of ether oxygens (including phenoxy) is 1. The normalized spacial score (nSPS) is 12.0. The van der Waals surface area contributed by atoms with Crippen LogP contribution in [0, 0.1) is 0 Å². The molecule has 0 aliphatic rings. The monoisotopic (exact) mass is 438 g/mol. The zero-order valence-electron chi connectivity index (χ0n) is 16.0. The van der Waals surface area contributed by atoms with Crippen LogP contribution >= 0.6 is 0 Å². The van der Waals surface area contributed by atoms with E-state index in [0.29, 0.717) is 16.7 Å². The van der Waals surface area contributed by atoms with Crippen LogP contribution in [0.15, 0.2) is 59.5 Å². The molecule has 0 N–H and O–H groups in total. The molecule has 158 valence electrons. The van der Waals surface area contributed by atoms with Crippen molar-refractivity contribution in [2.24, 2.45) is 0 Å². The molecule has 0 fully saturated rings. The van der Waals surface area contributed by atoms with Crippen molar-refractivity contribution in [2.75, 3.05) is 13.4 Å². The number of halogens is 3. The molecule has 0 atom stereocenters. The highest BCUT2D eigenvalue weighted by molar-refractivity contribution is 7.90. The Hall–Kier alpha value is -3.14. The summed E-state index contributed by atoms with van der Waals surface area (Å²) in [5, 5.41) is 3.49. The summed E-state index contributed by atoms with van der Waals surface area (Å²) < 4.78 is 68.2. The van der Waals surface area contributed by atoms with Crippen molar-refractivity contribution >= 4 is 15.8 Å². The quantitative estimate of drug-likeness (QED) is 0.566. The number of carbonyl (C=O) groups is 1. The van der Waals surface area contributed by atoms with E-state index in [0.717, 1.165) is 24.1 Å². The Morgan fingerprint density at radius 3 is 2.23 bits per heavy atom. The second-order valence-electron chi connectivity index (χ2n) is 6.52. The lowest BCUT2D eigenvalue weighted by atomic mass is 10.0. The van der Waals surface area contributed by atoms with E-state index < -0.39 is 34.2 Å². The van der Waals surface area contributed by atoms with Gasteiger partial charge in [0.1, 0.15) is 6.54 Å². The zero-order valence-corrected chi connectivity index (χ0v) is 16.8. The minimum Gasteiger partial charge on any atom is -0.468 e. The van der Waals surface area contributed by atoms with E-state index in [1.54, 1.807) is 36.4 Å². The maximum atomic E-state index is 13.1. The Morgan fingerprint density at radius 1 is 1.03 bits per heavy atom. The van der Waals surface area contributed by atoms with Crippen LogP contribution in [-0.2, 0) is 32.1 Å². The summed E-state index contributed by atoms with van der Waals surface area (Å²) in [6, 6.07) is 13.7. The molecular weight excluding hydrogens is 421 g/mol. The van der Waals surface area contributed by atoms with E-state index in [4.69, 9.17) is 0 Å². The molecule has 6 nitrogen and oxygen atoms in total. The first-order chi connectivity index (χ1) is 14.0. The van der Waals surface area contributed by atoms with Gasteiger partial charge < -0.3 is 4.74 Å². The van der Waals surface area contributed by atoms with Crippen molar-refractivity contribution < 1.29 is 31.1 Å². The molecular formula is C20H17F3N2O4S. The molecule has 0 unspecified atom stereocenters. The minimum atomic E-state index is -4.66. The van der Waals surface area contributed by atoms with Gasteiger partial charge in [-0.2, -0.15) is 18.3 Å². The van der Waals surface area contributed by atoms with Gasteiger partial charge in [0.15, 0.2) is 15.5 Å². The summed E-state index contributed by atoms with van der Waals surface area (Å²) in [6.45, 7) is -0.472. The molecule has 0 radical (unpaired) electrons. The van der Waals surface area contributed by atoms with Gasteiger partial charge in [-0.05, 0) is 34.9 Å². The Kier molecular flexibility index (Phi) is 5.71. The molecule has 0 aliphatic heterocycles. The van der Waals surface area contributed by atoms with Crippen molar-refractivity contribution in [3.63, 3.8) is 0 Å². The average molecular weight is 438 g/mol. The van der Waals surface area contributed by atoms with Crippen LogP contribution in [0.25, 0.3) is 22.4 Å². The average Bonchev–Trinajstić information content (AvgIpc) is 3.11. The van der Waals surface area contributed by atoms with E-state index in [1.807, 2.05) is 0 Å². The number of esters is 1. The predicted octanol–water partition coefficient (Wildman–Crippen LogP) is 3.81. The number of hydrogen-bond acceptors (Lipinski definition) is 5. The molecule has 3 rings (SSSR count). The van der Waals surface area contributed by atoms with Gasteiger partial charge in [-0.1, -0.05) is 36.4 Å². The van der Waals surface area contributed by atoms with Gasteiger partial charge in [0.25, 0.3) is 0 Å². The lowest BCUT2D eigenvalue weighted by molar-refractivity contribution is -0.144. The van der Waals surface area contributed by atoms with E-state index in [9.17, 15) is 26.4 Å². The number of hydrogen-bond donors (Lipinski definition) is 0. The molecule has 0 saturated heterocycles. The summed E-state index contributed by atoms with van der Waals surface area (Å²) in [5.74, 6) is -0.734. The second kappa shape index (κ2) is 7.94. The van der Waals surface area contributed by atoms with Crippen molar-refractivity contribution in [2.45, 2.75) is 17.6 Å². The predicted molar refractivity (Wildman–Crippen MR) is 103 cm³/mol. The summed E-state index contributed by atoms with van der Waals surface area (Å²) >= 11 is 0. The number of carbonyl (C=O) groups excluding carboxylic acids is 1. The van der Waals surface area contributed by atoms with Gasteiger partial charge in [-0.3, -0.25) is 9.48 Å². The molecule has 30 heavy (non-hydrogen) atoms. The molecule has 1 aromatic heterocycles. The Bertz CT molecular complexity index is 1180. The number of aromatic nitrogens is 2. The van der Waals surface area contributed by atoms with Crippen LogP contribution in [0.3, 0.4) is 0 Å². The van der Waals surface area contributed by atoms with Gasteiger partial charge in [-0.25, -0.2) is 8.42 Å². The van der Waals surface area contributed by atoms with Crippen LogP contribution < -0.4 is 0 Å². The molecule has 2 aromatic carbocycles. The van der Waals surface area contributed by atoms with Gasteiger partial charge in [0.05, 0.1) is 17.7 Å². The van der Waals surface area contributed by atoms with Crippen LogP contribution in [-0.4, -0.2) is 37.5 Å². The van der Waals surface area contributed by atoms with Crippen molar-refractivity contribution in [1.82, 2.24) is 9.78 Å². The molecule has 0 saturated carbocycles. The Morgan fingerprint density at radius 2 is 1.67 bits per heavy atom. The fourth-order valence-electron chi connectivity index (χ4n) is 2.83. The summed E-state index contributed by atoms with van der Waals surface area (Å²) in [4.78, 5) is 11.7. The second-order valence-corrected chi connectivity index (χ2v) is 8.54. The molecule has 10 heteroatoms. The molecule has 3 aromatic rings. The van der Waals surface area contributed by atoms with Crippen molar-refractivity contribution in [1.29, 1.82) is 0 Å². The molecule has 0 spiro atoms. The maximum absolute atomic E-state index is 13.1. The van der Waals surface area contributed by atoms with Crippen LogP contribution in [0.5, 0.6) is 0 Å². The van der Waals surface area contributed by atoms with E-state index in [-0.39, 0.29) is 10.6 Å². The van der Waals surface area contributed by atoms with E-state index in [2.05, 4.69) is 9.84 Å². The first-order valence-corrected chi connectivity index (χ1v) is 10.5. The van der Waals surface area contributed by atoms with Gasteiger partial charge in [0.2, 0.25) is 0 Å². The number of benzene rings is 2. The van der Waals surface area contributed by atoms with Gasteiger partial charge >= 0.3 is 12.1 Å². The maximum Gasteiger partial charge on any atom is 0.435 e. The lowest BCUT2D eigenvalue weighted by Crippen LogP contribution is -2.15. The molecule has 0 aliphatic carbocycles. The number of rotatable bonds is 5. The largest absolute Gasteiger partial charge is 0.468 e. The van der Waals surface area contributed by atoms with Crippen LogP contribution in [0.2, 0.25) is 0 Å². The smallest absolute Gasteiger partial charge is 0.435 e. The highest BCUT2D eigenvalue weighted by Gasteiger charge is 2.35. The standard InChI is InChI=1S/C20H17F3N2O4S/c1-29-19(26)12-25-17(11-18(24-25)20(21,22)23)14-8-6-13(7-9-14)15-4-3-5-16(10-15)30(2,27)28/h3-11H,12H2,1-2H3. The zero-order chi connectivity index (χ0) is 22.1. The summed E-state index contributed by atoms with van der Waals surface area (Å²) in [6.07, 6.45) is -3.56. The number of alkyl halides is 3. The van der Waals surface area contributed by atoms with Gasteiger partial charge in [-0.15, -0.1) is 0 Å². The fourth-order valence-corrected chi connectivity index (χ4v) is 3.50. The number of sulfone groups is 1. The molecule has 0 amide bonds. The minimum absolute atomic E-state index is 0.101. The topological polar surface area (TPSA) is 78.3 Å². The molecule has 1 heterocycles. The first-order valence-electron chi connectivity index (χ1n) is 8.62.